The van der Waals surface area contributed by atoms with Crippen LogP contribution in [0.5, 0.6) is 0 Å². The van der Waals surface area contributed by atoms with Crippen LogP contribution in [0.1, 0.15) is 32.1 Å². The highest BCUT2D eigenvalue weighted by atomic mass is 32.2. The molecule has 2 rings (SSSR count). The van der Waals surface area contributed by atoms with Crippen molar-refractivity contribution in [3.05, 3.63) is 30.3 Å². The maximum atomic E-state index is 12.2. The molecule has 1 fully saturated rings. The Morgan fingerprint density at radius 2 is 1.75 bits per heavy atom. The lowest BCUT2D eigenvalue weighted by atomic mass is 9.94. The van der Waals surface area contributed by atoms with E-state index in [1.165, 1.54) is 18.6 Å². The average Bonchev–Trinajstić information content (AvgIpc) is 2.48. The predicted octanol–water partition coefficient (Wildman–Crippen LogP) is 2.25. The van der Waals surface area contributed by atoms with Gasteiger partial charge in [-0.2, -0.15) is 0 Å². The Bertz CT molecular complexity index is 548. The van der Waals surface area contributed by atoms with Gasteiger partial charge in [-0.05, 0) is 25.0 Å². The minimum Gasteiger partial charge on any atom is -0.342 e. The molecule has 0 bridgehead atoms. The summed E-state index contributed by atoms with van der Waals surface area (Å²) in [4.78, 5) is 14.0. The van der Waals surface area contributed by atoms with Crippen molar-refractivity contribution in [2.75, 3.05) is 12.8 Å². The maximum Gasteiger partial charge on any atom is 0.238 e. The summed E-state index contributed by atoms with van der Waals surface area (Å²) in [5.74, 6) is -0.745. The van der Waals surface area contributed by atoms with Crippen LogP contribution >= 0.6 is 0 Å². The quantitative estimate of drug-likeness (QED) is 0.856. The fourth-order valence-electron chi connectivity index (χ4n) is 2.65. The van der Waals surface area contributed by atoms with Crippen LogP contribution in [0.15, 0.2) is 35.2 Å². The van der Waals surface area contributed by atoms with Gasteiger partial charge < -0.3 is 4.90 Å². The summed E-state index contributed by atoms with van der Waals surface area (Å²) in [7, 11) is -1.81. The topological polar surface area (TPSA) is 54.5 Å². The number of sulfone groups is 1. The molecule has 1 aliphatic rings. The molecule has 1 aromatic carbocycles. The van der Waals surface area contributed by atoms with Crippen molar-refractivity contribution in [1.29, 1.82) is 0 Å². The molecule has 0 atom stereocenters. The summed E-state index contributed by atoms with van der Waals surface area (Å²) in [6, 6.07) is 8.36. The second-order valence-corrected chi connectivity index (χ2v) is 7.36. The minimum atomic E-state index is -3.53. The molecule has 5 heteroatoms. The molecule has 110 valence electrons. The van der Waals surface area contributed by atoms with Crippen LogP contribution in [0, 0.1) is 0 Å². The van der Waals surface area contributed by atoms with Crippen molar-refractivity contribution < 1.29 is 13.2 Å². The van der Waals surface area contributed by atoms with Gasteiger partial charge in [-0.25, -0.2) is 8.42 Å². The molecule has 1 amide bonds. The molecule has 0 radical (unpaired) electrons. The molecule has 4 nitrogen and oxygen atoms in total. The van der Waals surface area contributed by atoms with Crippen molar-refractivity contribution in [2.24, 2.45) is 0 Å². The van der Waals surface area contributed by atoms with E-state index in [2.05, 4.69) is 0 Å². The third-order valence-electron chi connectivity index (χ3n) is 3.93. The van der Waals surface area contributed by atoms with E-state index in [4.69, 9.17) is 0 Å². The van der Waals surface area contributed by atoms with E-state index in [1.807, 2.05) is 0 Å². The average molecular weight is 295 g/mol. The number of amides is 1. The van der Waals surface area contributed by atoms with Gasteiger partial charge in [0.05, 0.1) is 4.90 Å². The highest BCUT2D eigenvalue weighted by Gasteiger charge is 2.26. The summed E-state index contributed by atoms with van der Waals surface area (Å²) in [5.41, 5.74) is 0. The van der Waals surface area contributed by atoms with Crippen LogP contribution in [-0.4, -0.2) is 38.1 Å². The smallest absolute Gasteiger partial charge is 0.238 e. The Morgan fingerprint density at radius 1 is 1.15 bits per heavy atom. The van der Waals surface area contributed by atoms with E-state index in [1.54, 1.807) is 30.1 Å². The predicted molar refractivity (Wildman–Crippen MR) is 78.1 cm³/mol. The zero-order valence-corrected chi connectivity index (χ0v) is 12.6. The van der Waals surface area contributed by atoms with Gasteiger partial charge in [-0.3, -0.25) is 4.79 Å². The van der Waals surface area contributed by atoms with Gasteiger partial charge >= 0.3 is 0 Å². The molecule has 1 aliphatic carbocycles. The van der Waals surface area contributed by atoms with E-state index in [0.717, 1.165) is 25.7 Å². The lowest BCUT2D eigenvalue weighted by Gasteiger charge is -2.31. The van der Waals surface area contributed by atoms with Crippen LogP contribution in [-0.2, 0) is 14.6 Å². The molecule has 0 N–H and O–H groups in total. The summed E-state index contributed by atoms with van der Waals surface area (Å²) < 4.78 is 24.4. The second-order valence-electron chi connectivity index (χ2n) is 5.37. The third kappa shape index (κ3) is 3.60. The normalized spacial score (nSPS) is 16.9. The number of carbonyl (C=O) groups is 1. The molecule has 0 aliphatic heterocycles. The molecule has 0 spiro atoms. The number of benzene rings is 1. The van der Waals surface area contributed by atoms with Crippen LogP contribution in [0.2, 0.25) is 0 Å². The van der Waals surface area contributed by atoms with E-state index >= 15 is 0 Å². The van der Waals surface area contributed by atoms with Gasteiger partial charge in [0.15, 0.2) is 9.84 Å². The van der Waals surface area contributed by atoms with Crippen molar-refractivity contribution in [1.82, 2.24) is 4.90 Å². The third-order valence-corrected chi connectivity index (χ3v) is 5.55. The maximum absolute atomic E-state index is 12.2. The Morgan fingerprint density at radius 3 is 2.35 bits per heavy atom. The molecule has 0 heterocycles. The summed E-state index contributed by atoms with van der Waals surface area (Å²) in [6.07, 6.45) is 5.41. The van der Waals surface area contributed by atoms with Crippen molar-refractivity contribution >= 4 is 15.7 Å². The summed E-state index contributed by atoms with van der Waals surface area (Å²) >= 11 is 0. The Labute approximate surface area is 120 Å². The molecule has 1 aromatic rings. The highest BCUT2D eigenvalue weighted by molar-refractivity contribution is 7.92. The fraction of sp³-hybridized carbons (Fsp3) is 0.533. The first-order chi connectivity index (χ1) is 9.50. The molecule has 1 saturated carbocycles. The van der Waals surface area contributed by atoms with Gasteiger partial charge in [-0.15, -0.1) is 0 Å². The van der Waals surface area contributed by atoms with E-state index < -0.39 is 15.6 Å². The van der Waals surface area contributed by atoms with Crippen LogP contribution in [0.3, 0.4) is 0 Å². The molecular weight excluding hydrogens is 274 g/mol. The van der Waals surface area contributed by atoms with Crippen LogP contribution < -0.4 is 0 Å². The van der Waals surface area contributed by atoms with Gasteiger partial charge in [0.2, 0.25) is 5.91 Å². The van der Waals surface area contributed by atoms with Crippen molar-refractivity contribution in [3.63, 3.8) is 0 Å². The van der Waals surface area contributed by atoms with E-state index in [9.17, 15) is 13.2 Å². The Kier molecular flexibility index (Phi) is 4.81. The van der Waals surface area contributed by atoms with Gasteiger partial charge in [0, 0.05) is 13.1 Å². The van der Waals surface area contributed by atoms with Gasteiger partial charge in [0.1, 0.15) is 5.75 Å². The number of carbonyl (C=O) groups excluding carboxylic acids is 1. The van der Waals surface area contributed by atoms with Crippen LogP contribution in [0.25, 0.3) is 0 Å². The van der Waals surface area contributed by atoms with E-state index in [-0.39, 0.29) is 16.8 Å². The first kappa shape index (κ1) is 15.0. The monoisotopic (exact) mass is 295 g/mol. The van der Waals surface area contributed by atoms with Crippen molar-refractivity contribution in [2.45, 2.75) is 43.0 Å². The summed E-state index contributed by atoms with van der Waals surface area (Å²) in [5, 5.41) is 0. The molecule has 0 saturated heterocycles. The summed E-state index contributed by atoms with van der Waals surface area (Å²) in [6.45, 7) is 0. The standard InChI is InChI=1S/C15H21NO3S/c1-16(13-8-4-2-5-9-13)15(17)12-20(18,19)14-10-6-3-7-11-14/h3,6-7,10-11,13H,2,4-5,8-9,12H2,1H3. The molecular formula is C15H21NO3S. The first-order valence-corrected chi connectivity index (χ1v) is 8.69. The number of hydrogen-bond donors (Lipinski definition) is 0. The highest BCUT2D eigenvalue weighted by Crippen LogP contribution is 2.22. The van der Waals surface area contributed by atoms with Gasteiger partial charge in [-0.1, -0.05) is 37.5 Å². The lowest BCUT2D eigenvalue weighted by molar-refractivity contribution is -0.129. The number of rotatable bonds is 4. The largest absolute Gasteiger partial charge is 0.342 e. The Balaban J connectivity index is 2.03. The lowest BCUT2D eigenvalue weighted by Crippen LogP contribution is -2.41. The first-order valence-electron chi connectivity index (χ1n) is 7.04. The van der Waals surface area contributed by atoms with E-state index in [0.29, 0.717) is 0 Å². The Hall–Kier alpha value is -1.36. The van der Waals surface area contributed by atoms with Gasteiger partial charge in [0.25, 0.3) is 0 Å². The molecule has 0 unspecified atom stereocenters. The zero-order valence-electron chi connectivity index (χ0n) is 11.8. The second kappa shape index (κ2) is 6.39. The molecule has 0 aromatic heterocycles. The zero-order chi connectivity index (χ0) is 14.6. The fourth-order valence-corrected chi connectivity index (χ4v) is 3.91. The van der Waals surface area contributed by atoms with Crippen LogP contribution in [0.4, 0.5) is 0 Å². The number of hydrogen-bond acceptors (Lipinski definition) is 3. The minimum absolute atomic E-state index is 0.197. The SMILES string of the molecule is CN(C(=O)CS(=O)(=O)c1ccccc1)C1CCCCC1. The number of nitrogens with zero attached hydrogens (tertiary/aromatic N) is 1. The molecule has 20 heavy (non-hydrogen) atoms. The van der Waals surface area contributed by atoms with Crippen molar-refractivity contribution in [3.8, 4) is 0 Å².